The lowest BCUT2D eigenvalue weighted by Gasteiger charge is -2.14. The summed E-state index contributed by atoms with van der Waals surface area (Å²) < 4.78 is 56.0. The maximum atomic E-state index is 13.1. The van der Waals surface area contributed by atoms with Gasteiger partial charge in [0, 0.05) is 30.8 Å². The Bertz CT molecular complexity index is 1560. The van der Waals surface area contributed by atoms with Crippen molar-refractivity contribution in [1.29, 1.82) is 0 Å². The molecule has 7 nitrogen and oxygen atoms in total. The number of amides is 2. The first kappa shape index (κ1) is 30.3. The number of alkyl halides is 2. The van der Waals surface area contributed by atoms with E-state index in [4.69, 9.17) is 0 Å². The molecule has 0 aliphatic heterocycles. The second-order valence-electron chi connectivity index (χ2n) is 9.74. The number of nitrogens with zero attached hydrogens (tertiary/aromatic N) is 2. The van der Waals surface area contributed by atoms with E-state index in [1.165, 1.54) is 6.07 Å². The number of urea groups is 1. The first-order valence-electron chi connectivity index (χ1n) is 13.2. The van der Waals surface area contributed by atoms with Crippen LogP contribution >= 0.6 is 11.8 Å². The molecule has 1 aromatic heterocycles. The molecule has 4 rings (SSSR count). The quantitative estimate of drug-likeness (QED) is 0.141. The number of imidazole rings is 1. The Morgan fingerprint density at radius 1 is 0.951 bits per heavy atom. The minimum absolute atomic E-state index is 0.0162. The van der Waals surface area contributed by atoms with Crippen molar-refractivity contribution < 1.29 is 22.0 Å². The van der Waals surface area contributed by atoms with Crippen LogP contribution in [0.5, 0.6) is 0 Å². The zero-order chi connectivity index (χ0) is 29.4. The number of aromatic nitrogens is 2. The van der Waals surface area contributed by atoms with Crippen molar-refractivity contribution in [1.82, 2.24) is 19.6 Å². The third kappa shape index (κ3) is 8.40. The molecule has 0 spiro atoms. The van der Waals surface area contributed by atoms with Crippen molar-refractivity contribution in [2.75, 3.05) is 6.54 Å². The Labute approximate surface area is 243 Å². The molecule has 2 N–H and O–H groups in total. The van der Waals surface area contributed by atoms with Gasteiger partial charge in [-0.25, -0.2) is 22.9 Å². The van der Waals surface area contributed by atoms with Crippen LogP contribution in [0.15, 0.2) is 95.0 Å². The molecule has 4 aromatic rings. The zero-order valence-electron chi connectivity index (χ0n) is 22.8. The molecule has 0 saturated carbocycles. The maximum absolute atomic E-state index is 13.1. The van der Waals surface area contributed by atoms with Gasteiger partial charge in [-0.1, -0.05) is 86.6 Å². The smallest absolute Gasteiger partial charge is 0.328 e. The average Bonchev–Trinajstić information content (AvgIpc) is 3.33. The second-order valence-corrected chi connectivity index (χ2v) is 12.4. The van der Waals surface area contributed by atoms with E-state index in [1.807, 2.05) is 60.9 Å². The van der Waals surface area contributed by atoms with Gasteiger partial charge in [0.1, 0.15) is 10.9 Å². The molecule has 0 bridgehead atoms. The lowest BCUT2D eigenvalue weighted by Crippen LogP contribution is -2.40. The van der Waals surface area contributed by atoms with Gasteiger partial charge in [-0.2, -0.15) is 8.78 Å². The summed E-state index contributed by atoms with van der Waals surface area (Å²) in [6, 6.07) is 22.8. The van der Waals surface area contributed by atoms with Crippen LogP contribution < -0.4 is 10.0 Å². The molecule has 0 fully saturated rings. The van der Waals surface area contributed by atoms with Crippen LogP contribution in [0.3, 0.4) is 0 Å². The van der Waals surface area contributed by atoms with E-state index in [1.54, 1.807) is 36.5 Å². The molecule has 2 amide bonds. The van der Waals surface area contributed by atoms with Crippen LogP contribution in [0.2, 0.25) is 0 Å². The number of hydrogen-bond donors (Lipinski definition) is 2. The molecule has 1 heterocycles. The summed E-state index contributed by atoms with van der Waals surface area (Å²) in [6.07, 6.45) is 3.06. The Morgan fingerprint density at radius 2 is 1.63 bits per heavy atom. The number of carbonyl (C=O) groups excluding carboxylic acids is 1. The van der Waals surface area contributed by atoms with Crippen LogP contribution in [-0.2, 0) is 23.0 Å². The predicted molar refractivity (Wildman–Crippen MR) is 158 cm³/mol. The molecule has 0 aliphatic rings. The molecular weight excluding hydrogens is 566 g/mol. The fourth-order valence-electron chi connectivity index (χ4n) is 4.42. The third-order valence-electron chi connectivity index (χ3n) is 6.30. The minimum atomic E-state index is -4.15. The molecule has 216 valence electrons. The Balaban J connectivity index is 1.43. The Kier molecular flexibility index (Phi) is 10.2. The minimum Gasteiger partial charge on any atom is -0.337 e. The molecular formula is C30H32F2N4O3S2. The highest BCUT2D eigenvalue weighted by Crippen LogP contribution is 2.29. The zero-order valence-corrected chi connectivity index (χ0v) is 24.4. The van der Waals surface area contributed by atoms with Crippen LogP contribution in [0.1, 0.15) is 43.1 Å². The summed E-state index contributed by atoms with van der Waals surface area (Å²) in [4.78, 5) is 16.7. The number of sulfonamides is 1. The van der Waals surface area contributed by atoms with Gasteiger partial charge in [0.25, 0.3) is 15.8 Å². The van der Waals surface area contributed by atoms with E-state index in [2.05, 4.69) is 15.0 Å². The topological polar surface area (TPSA) is 93.1 Å². The number of nitrogens with one attached hydrogen (secondary N) is 2. The maximum Gasteiger partial charge on any atom is 0.328 e. The lowest BCUT2D eigenvalue weighted by molar-refractivity contribution is 0.245. The highest BCUT2D eigenvalue weighted by molar-refractivity contribution is 7.99. The third-order valence-corrected chi connectivity index (χ3v) is 8.31. The molecule has 41 heavy (non-hydrogen) atoms. The van der Waals surface area contributed by atoms with Crippen molar-refractivity contribution in [2.45, 2.75) is 54.8 Å². The number of halogens is 2. The summed E-state index contributed by atoms with van der Waals surface area (Å²) in [5.41, 5.74) is 3.14. The number of thioether (sulfide) groups is 1. The highest BCUT2D eigenvalue weighted by atomic mass is 32.2. The van der Waals surface area contributed by atoms with Gasteiger partial charge in [-0.05, 0) is 47.4 Å². The van der Waals surface area contributed by atoms with Crippen molar-refractivity contribution in [3.05, 3.63) is 102 Å². The summed E-state index contributed by atoms with van der Waals surface area (Å²) in [6.45, 7) is 4.66. The highest BCUT2D eigenvalue weighted by Gasteiger charge is 2.22. The van der Waals surface area contributed by atoms with Gasteiger partial charge in [0.2, 0.25) is 0 Å². The summed E-state index contributed by atoms with van der Waals surface area (Å²) in [5, 5.41) is 2.88. The fraction of sp³-hybridized carbons (Fsp3) is 0.267. The monoisotopic (exact) mass is 598 g/mol. The summed E-state index contributed by atoms with van der Waals surface area (Å²) >= 11 is 0.417. The van der Waals surface area contributed by atoms with Crippen molar-refractivity contribution in [3.63, 3.8) is 0 Å². The van der Waals surface area contributed by atoms with E-state index in [0.717, 1.165) is 17.5 Å². The van der Waals surface area contributed by atoms with Crippen LogP contribution in [0, 0.1) is 0 Å². The molecule has 0 atom stereocenters. The predicted octanol–water partition coefficient (Wildman–Crippen LogP) is 6.66. The average molecular weight is 599 g/mol. The number of aryl methyl sites for hydroxylation is 1. The van der Waals surface area contributed by atoms with E-state index in [9.17, 15) is 22.0 Å². The number of benzene rings is 3. The van der Waals surface area contributed by atoms with Gasteiger partial charge in [0.15, 0.2) is 0 Å². The number of hydrogen-bond acceptors (Lipinski definition) is 5. The summed E-state index contributed by atoms with van der Waals surface area (Å²) in [7, 11) is -4.15. The molecule has 0 aliphatic carbocycles. The standard InChI is InChI=1S/C30H32F2N4O3S2/c1-21(2)28-34-27(40-29(31)32)20-36(28)19-23-14-16-24(17-15-23)25-12-6-7-13-26(25)41(38,39)35-30(37)33-18-8-11-22-9-4-3-5-10-22/h3-7,9-10,12-17,20-21,29H,8,11,18-19H2,1-2H3,(H2,33,35,37). The van der Waals surface area contributed by atoms with Gasteiger partial charge in [-0.3, -0.25) is 0 Å². The number of rotatable bonds is 12. The van der Waals surface area contributed by atoms with Crippen molar-refractivity contribution in [2.24, 2.45) is 0 Å². The SMILES string of the molecule is CC(C)c1nc(SC(F)F)cn1Cc1ccc(-c2ccccc2S(=O)(=O)NC(=O)NCCCc2ccccc2)cc1. The van der Waals surface area contributed by atoms with E-state index < -0.39 is 21.8 Å². The van der Waals surface area contributed by atoms with E-state index in [-0.39, 0.29) is 15.8 Å². The van der Waals surface area contributed by atoms with Crippen LogP contribution in [0.25, 0.3) is 11.1 Å². The molecule has 0 unspecified atom stereocenters. The normalized spacial score (nSPS) is 11.7. The first-order valence-corrected chi connectivity index (χ1v) is 15.5. The first-order chi connectivity index (χ1) is 19.6. The molecule has 11 heteroatoms. The fourth-order valence-corrected chi connectivity index (χ4v) is 6.10. The van der Waals surface area contributed by atoms with E-state index in [0.29, 0.717) is 48.2 Å². The van der Waals surface area contributed by atoms with Gasteiger partial charge < -0.3 is 9.88 Å². The van der Waals surface area contributed by atoms with Crippen LogP contribution in [0.4, 0.5) is 13.6 Å². The van der Waals surface area contributed by atoms with Crippen molar-refractivity contribution >= 4 is 27.8 Å². The summed E-state index contributed by atoms with van der Waals surface area (Å²) in [5.74, 6) is -1.79. The second kappa shape index (κ2) is 13.8. The van der Waals surface area contributed by atoms with Gasteiger partial charge >= 0.3 is 6.03 Å². The Morgan fingerprint density at radius 3 is 2.32 bits per heavy atom. The van der Waals surface area contributed by atoms with Gasteiger partial charge in [-0.15, -0.1) is 0 Å². The van der Waals surface area contributed by atoms with Crippen LogP contribution in [-0.4, -0.2) is 36.3 Å². The van der Waals surface area contributed by atoms with Gasteiger partial charge in [0.05, 0.1) is 4.90 Å². The molecule has 3 aromatic carbocycles. The lowest BCUT2D eigenvalue weighted by atomic mass is 10.0. The van der Waals surface area contributed by atoms with Crippen molar-refractivity contribution in [3.8, 4) is 11.1 Å². The Hall–Kier alpha value is -3.70. The molecule has 0 radical (unpaired) electrons. The number of carbonyl (C=O) groups is 1. The van der Waals surface area contributed by atoms with E-state index >= 15 is 0 Å². The molecule has 0 saturated heterocycles. The largest absolute Gasteiger partial charge is 0.337 e.